The van der Waals surface area contributed by atoms with Crippen LogP contribution in [0.3, 0.4) is 0 Å². The number of hydrogen-bond acceptors (Lipinski definition) is 5. The third kappa shape index (κ3) is 5.07. The molecule has 0 amide bonds. The van der Waals surface area contributed by atoms with Crippen LogP contribution in [-0.2, 0) is 6.42 Å². The predicted molar refractivity (Wildman–Crippen MR) is 113 cm³/mol. The molecule has 3 rings (SSSR count). The van der Waals surface area contributed by atoms with Crippen molar-refractivity contribution in [3.63, 3.8) is 0 Å². The van der Waals surface area contributed by atoms with Crippen LogP contribution in [0.15, 0.2) is 53.6 Å². The average molecular weight is 397 g/mol. The number of aromatic nitrogens is 3. The third-order valence-corrected chi connectivity index (χ3v) is 4.14. The summed E-state index contributed by atoms with van der Waals surface area (Å²) in [5.41, 5.74) is 2.02. The van der Waals surface area contributed by atoms with Gasteiger partial charge in [-0.3, -0.25) is 5.10 Å². The molecule has 1 heterocycles. The van der Waals surface area contributed by atoms with Crippen molar-refractivity contribution in [2.75, 3.05) is 6.61 Å². The molecule has 1 N–H and O–H groups in total. The van der Waals surface area contributed by atoms with Gasteiger partial charge in [-0.2, -0.15) is 14.9 Å². The topological polar surface area (TPSA) is 64.4 Å². The molecule has 6 nitrogen and oxygen atoms in total. The fourth-order valence-corrected chi connectivity index (χ4v) is 2.88. The summed E-state index contributed by atoms with van der Waals surface area (Å²) in [6, 6.07) is 15.8. The van der Waals surface area contributed by atoms with E-state index in [-0.39, 0.29) is 6.10 Å². The lowest BCUT2D eigenvalue weighted by Crippen LogP contribution is -2.07. The van der Waals surface area contributed by atoms with Crippen LogP contribution in [0.5, 0.6) is 11.5 Å². The fourth-order valence-electron chi connectivity index (χ4n) is 2.69. The van der Waals surface area contributed by atoms with Crippen LogP contribution in [-0.4, -0.2) is 33.8 Å². The molecule has 0 saturated heterocycles. The largest absolute Gasteiger partial charge is 0.490 e. The Labute approximate surface area is 169 Å². The molecule has 3 aromatic rings. The molecule has 0 aliphatic carbocycles. The van der Waals surface area contributed by atoms with Crippen LogP contribution in [0.1, 0.15) is 37.7 Å². The highest BCUT2D eigenvalue weighted by Gasteiger charge is 2.09. The SMILES string of the molecule is CCOc1cc(/C=N\n2c(Cc3ccccc3)n[nH]c2=S)ccc1OC(C)C. The number of benzene rings is 2. The molecule has 0 aliphatic rings. The lowest BCUT2D eigenvalue weighted by atomic mass is 10.1. The summed E-state index contributed by atoms with van der Waals surface area (Å²) in [7, 11) is 0. The summed E-state index contributed by atoms with van der Waals surface area (Å²) >= 11 is 5.33. The monoisotopic (exact) mass is 396 g/mol. The van der Waals surface area contributed by atoms with Gasteiger partial charge in [0.05, 0.1) is 18.9 Å². The summed E-state index contributed by atoms with van der Waals surface area (Å²) < 4.78 is 13.6. The van der Waals surface area contributed by atoms with E-state index >= 15 is 0 Å². The fraction of sp³-hybridized carbons (Fsp3) is 0.286. The zero-order valence-corrected chi connectivity index (χ0v) is 17.1. The maximum absolute atomic E-state index is 5.80. The van der Waals surface area contributed by atoms with Crippen LogP contribution in [0.25, 0.3) is 0 Å². The summed E-state index contributed by atoms with van der Waals surface area (Å²) in [5.74, 6) is 2.16. The second-order valence-corrected chi connectivity index (χ2v) is 6.86. The first kappa shape index (κ1) is 19.8. The van der Waals surface area contributed by atoms with Gasteiger partial charge < -0.3 is 9.47 Å². The van der Waals surface area contributed by atoms with Gasteiger partial charge in [-0.1, -0.05) is 30.3 Å². The number of H-pyrrole nitrogens is 1. The van der Waals surface area contributed by atoms with Crippen molar-refractivity contribution >= 4 is 18.4 Å². The van der Waals surface area contributed by atoms with Crippen molar-refractivity contribution in [2.24, 2.45) is 5.10 Å². The van der Waals surface area contributed by atoms with Crippen LogP contribution in [0.4, 0.5) is 0 Å². The molecular formula is C21H24N4O2S. The molecule has 1 aromatic heterocycles. The second kappa shape index (κ2) is 9.32. The first-order valence-electron chi connectivity index (χ1n) is 9.25. The van der Waals surface area contributed by atoms with Crippen LogP contribution >= 0.6 is 12.2 Å². The van der Waals surface area contributed by atoms with E-state index in [4.69, 9.17) is 21.7 Å². The average Bonchev–Trinajstić information content (AvgIpc) is 3.02. The van der Waals surface area contributed by atoms with Gasteiger partial charge in [0.1, 0.15) is 0 Å². The van der Waals surface area contributed by atoms with Gasteiger partial charge in [0.2, 0.25) is 4.77 Å². The van der Waals surface area contributed by atoms with Gasteiger partial charge in [0.15, 0.2) is 17.3 Å². The van der Waals surface area contributed by atoms with E-state index in [1.54, 1.807) is 10.9 Å². The molecule has 28 heavy (non-hydrogen) atoms. The minimum absolute atomic E-state index is 0.0727. The Hall–Kier alpha value is -2.93. The molecule has 0 aliphatic heterocycles. The van der Waals surface area contributed by atoms with Crippen molar-refractivity contribution in [1.29, 1.82) is 0 Å². The maximum atomic E-state index is 5.80. The summed E-state index contributed by atoms with van der Waals surface area (Å²) in [6.45, 7) is 6.48. The normalized spacial score (nSPS) is 11.3. The lowest BCUT2D eigenvalue weighted by Gasteiger charge is -2.14. The highest BCUT2D eigenvalue weighted by Crippen LogP contribution is 2.29. The van der Waals surface area contributed by atoms with E-state index in [1.165, 1.54) is 0 Å². The number of nitrogens with one attached hydrogen (secondary N) is 1. The Bertz CT molecular complexity index is 993. The molecule has 0 spiro atoms. The van der Waals surface area contributed by atoms with E-state index in [1.807, 2.05) is 69.3 Å². The molecular weight excluding hydrogens is 372 g/mol. The Morgan fingerprint density at radius 2 is 1.96 bits per heavy atom. The van der Waals surface area contributed by atoms with Crippen molar-refractivity contribution in [3.8, 4) is 11.5 Å². The first-order chi connectivity index (χ1) is 13.6. The molecule has 0 saturated carbocycles. The molecule has 0 bridgehead atoms. The van der Waals surface area contributed by atoms with Crippen molar-refractivity contribution in [1.82, 2.24) is 14.9 Å². The van der Waals surface area contributed by atoms with Gasteiger partial charge >= 0.3 is 0 Å². The van der Waals surface area contributed by atoms with Crippen LogP contribution in [0, 0.1) is 4.77 Å². The van der Waals surface area contributed by atoms with Crippen molar-refractivity contribution in [3.05, 3.63) is 70.3 Å². The minimum Gasteiger partial charge on any atom is -0.490 e. The zero-order valence-electron chi connectivity index (χ0n) is 16.3. The smallest absolute Gasteiger partial charge is 0.216 e. The number of rotatable bonds is 8. The van der Waals surface area contributed by atoms with E-state index in [0.29, 0.717) is 23.5 Å². The Morgan fingerprint density at radius 1 is 1.18 bits per heavy atom. The quantitative estimate of drug-likeness (QED) is 0.446. The maximum Gasteiger partial charge on any atom is 0.216 e. The van der Waals surface area contributed by atoms with Gasteiger partial charge in [0.25, 0.3) is 0 Å². The van der Waals surface area contributed by atoms with E-state index < -0.39 is 0 Å². The highest BCUT2D eigenvalue weighted by molar-refractivity contribution is 7.71. The van der Waals surface area contributed by atoms with Crippen molar-refractivity contribution in [2.45, 2.75) is 33.3 Å². The Morgan fingerprint density at radius 3 is 2.68 bits per heavy atom. The van der Waals surface area contributed by atoms with Crippen molar-refractivity contribution < 1.29 is 9.47 Å². The summed E-state index contributed by atoms with van der Waals surface area (Å²) in [6.07, 6.45) is 2.45. The van der Waals surface area contributed by atoms with Gasteiger partial charge in [-0.15, -0.1) is 0 Å². The zero-order chi connectivity index (χ0) is 19.9. The lowest BCUT2D eigenvalue weighted by molar-refractivity contribution is 0.224. The molecule has 0 unspecified atom stereocenters. The standard InChI is InChI=1S/C21H24N4O2S/c1-4-26-19-12-17(10-11-18(19)27-15(2)3)14-22-25-20(23-24-21(25)28)13-16-8-6-5-7-9-16/h5-12,14-15H,4,13H2,1-3H3,(H,24,28)/b22-14-. The van der Waals surface area contributed by atoms with Gasteiger partial charge in [-0.25, -0.2) is 0 Å². The molecule has 146 valence electrons. The van der Waals surface area contributed by atoms with Gasteiger partial charge in [0, 0.05) is 6.42 Å². The first-order valence-corrected chi connectivity index (χ1v) is 9.65. The summed E-state index contributed by atoms with van der Waals surface area (Å²) in [4.78, 5) is 0. The second-order valence-electron chi connectivity index (χ2n) is 6.47. The van der Waals surface area contributed by atoms with E-state index in [0.717, 1.165) is 22.7 Å². The molecule has 0 fully saturated rings. The minimum atomic E-state index is 0.0727. The number of nitrogens with zero attached hydrogens (tertiary/aromatic N) is 3. The summed E-state index contributed by atoms with van der Waals surface area (Å²) in [5, 5.41) is 11.6. The number of hydrogen-bond donors (Lipinski definition) is 1. The van der Waals surface area contributed by atoms with E-state index in [2.05, 4.69) is 15.3 Å². The van der Waals surface area contributed by atoms with Crippen LogP contribution < -0.4 is 9.47 Å². The third-order valence-electron chi connectivity index (χ3n) is 3.88. The van der Waals surface area contributed by atoms with Gasteiger partial charge in [-0.05, 0) is 62.3 Å². The molecule has 7 heteroatoms. The Kier molecular flexibility index (Phi) is 6.60. The Balaban J connectivity index is 1.85. The highest BCUT2D eigenvalue weighted by atomic mass is 32.1. The molecule has 0 radical (unpaired) electrons. The van der Waals surface area contributed by atoms with Crippen LogP contribution in [0.2, 0.25) is 0 Å². The molecule has 2 aromatic carbocycles. The number of ether oxygens (including phenoxy) is 2. The predicted octanol–water partition coefficient (Wildman–Crippen LogP) is 4.60. The number of aromatic amines is 1. The van der Waals surface area contributed by atoms with E-state index in [9.17, 15) is 0 Å². The molecule has 0 atom stereocenters.